The van der Waals surface area contributed by atoms with Gasteiger partial charge in [0.05, 0.1) is 4.88 Å². The van der Waals surface area contributed by atoms with E-state index in [1.165, 1.54) is 11.3 Å². The van der Waals surface area contributed by atoms with Crippen molar-refractivity contribution in [3.63, 3.8) is 0 Å². The first kappa shape index (κ1) is 13.5. The predicted molar refractivity (Wildman–Crippen MR) is 77.5 cm³/mol. The number of hydrogen-bond acceptors (Lipinski definition) is 5. The summed E-state index contributed by atoms with van der Waals surface area (Å²) in [6, 6.07) is 7.54. The van der Waals surface area contributed by atoms with Crippen LogP contribution in [0.2, 0.25) is 0 Å². The van der Waals surface area contributed by atoms with E-state index in [1.54, 1.807) is 24.0 Å². The van der Waals surface area contributed by atoms with E-state index in [1.807, 2.05) is 18.2 Å². The summed E-state index contributed by atoms with van der Waals surface area (Å²) in [6.45, 7) is 0. The number of nitrogens with zero attached hydrogens (tertiary/aromatic N) is 1. The molecule has 0 radical (unpaired) electrons. The molecule has 18 heavy (non-hydrogen) atoms. The minimum Gasteiger partial charge on any atom is -0.289 e. The van der Waals surface area contributed by atoms with E-state index in [9.17, 15) is 4.79 Å². The Labute approximate surface area is 121 Å². The third-order valence-corrected chi connectivity index (χ3v) is 5.32. The van der Waals surface area contributed by atoms with Crippen molar-refractivity contribution in [2.75, 3.05) is 0 Å². The number of pyridine rings is 1. The number of hydrazine groups is 1. The Bertz CT molecular complexity index is 559. The van der Waals surface area contributed by atoms with Gasteiger partial charge in [-0.3, -0.25) is 10.2 Å². The van der Waals surface area contributed by atoms with Crippen LogP contribution in [-0.4, -0.2) is 10.9 Å². The molecule has 0 unspecified atom stereocenters. The Morgan fingerprint density at radius 1 is 1.50 bits per heavy atom. The molecule has 0 aliphatic rings. The van der Waals surface area contributed by atoms with Gasteiger partial charge in [-0.25, -0.2) is 10.8 Å². The molecule has 0 bridgehead atoms. The molecule has 7 heteroatoms. The molecule has 2 aromatic rings. The minimum atomic E-state index is -0.254. The summed E-state index contributed by atoms with van der Waals surface area (Å²) in [5.41, 5.74) is 2.12. The second-order valence-electron chi connectivity index (χ2n) is 3.32. The minimum absolute atomic E-state index is 0.254. The molecular weight excluding hydrogens is 334 g/mol. The molecule has 0 aromatic carbocycles. The number of amides is 1. The fraction of sp³-hybridized carbons (Fsp3) is 0.0909. The Kier molecular flexibility index (Phi) is 4.76. The van der Waals surface area contributed by atoms with Gasteiger partial charge in [0.1, 0.15) is 5.03 Å². The van der Waals surface area contributed by atoms with Gasteiger partial charge in [0.25, 0.3) is 5.91 Å². The molecule has 2 heterocycles. The van der Waals surface area contributed by atoms with Crippen LogP contribution in [0.3, 0.4) is 0 Å². The van der Waals surface area contributed by atoms with Crippen molar-refractivity contribution < 1.29 is 4.79 Å². The number of halogens is 1. The average Bonchev–Trinajstić information content (AvgIpc) is 2.86. The van der Waals surface area contributed by atoms with Crippen LogP contribution in [0.25, 0.3) is 0 Å². The smallest absolute Gasteiger partial charge is 0.275 e. The summed E-state index contributed by atoms with van der Waals surface area (Å²) >= 11 is 6.51. The number of thioether (sulfide) groups is 1. The lowest BCUT2D eigenvalue weighted by Crippen LogP contribution is -2.29. The molecule has 0 atom stereocenters. The highest BCUT2D eigenvalue weighted by Crippen LogP contribution is 2.29. The van der Waals surface area contributed by atoms with E-state index in [0.29, 0.717) is 4.88 Å². The van der Waals surface area contributed by atoms with E-state index >= 15 is 0 Å². The summed E-state index contributed by atoms with van der Waals surface area (Å²) in [5, 5.41) is 0.940. The first-order valence-electron chi connectivity index (χ1n) is 5.03. The van der Waals surface area contributed by atoms with Crippen molar-refractivity contribution in [1.29, 1.82) is 0 Å². The standard InChI is InChI=1S/C11H10BrN3OS2/c12-8-2-1-5-14-11(8)17-6-7-3-4-9(18-7)10(16)15-13/h1-5H,6,13H2,(H,15,16). The third kappa shape index (κ3) is 3.32. The van der Waals surface area contributed by atoms with Crippen molar-refractivity contribution in [2.24, 2.45) is 5.84 Å². The van der Waals surface area contributed by atoms with Crippen LogP contribution in [0.15, 0.2) is 40.0 Å². The van der Waals surface area contributed by atoms with Crippen LogP contribution in [0.4, 0.5) is 0 Å². The second-order valence-corrected chi connectivity index (χ2v) is 6.31. The first-order valence-corrected chi connectivity index (χ1v) is 7.63. The average molecular weight is 344 g/mol. The lowest BCUT2D eigenvalue weighted by molar-refractivity contribution is 0.0957. The van der Waals surface area contributed by atoms with Gasteiger partial charge in [-0.2, -0.15) is 0 Å². The highest BCUT2D eigenvalue weighted by molar-refractivity contribution is 9.10. The molecule has 2 rings (SSSR count). The summed E-state index contributed by atoms with van der Waals surface area (Å²) in [7, 11) is 0. The largest absolute Gasteiger partial charge is 0.289 e. The molecule has 0 aliphatic heterocycles. The second kappa shape index (κ2) is 6.33. The fourth-order valence-electron chi connectivity index (χ4n) is 1.27. The van der Waals surface area contributed by atoms with Crippen molar-refractivity contribution in [1.82, 2.24) is 10.4 Å². The topological polar surface area (TPSA) is 68.0 Å². The van der Waals surface area contributed by atoms with Crippen molar-refractivity contribution in [3.8, 4) is 0 Å². The van der Waals surface area contributed by atoms with Crippen LogP contribution in [0, 0.1) is 0 Å². The van der Waals surface area contributed by atoms with E-state index < -0.39 is 0 Å². The maximum atomic E-state index is 11.3. The number of nitrogen functional groups attached to an aromatic ring is 1. The van der Waals surface area contributed by atoms with Crippen LogP contribution < -0.4 is 11.3 Å². The molecular formula is C11H10BrN3OS2. The molecule has 3 N–H and O–H groups in total. The van der Waals surface area contributed by atoms with Gasteiger partial charge in [-0.05, 0) is 40.2 Å². The number of carbonyl (C=O) groups is 1. The van der Waals surface area contributed by atoms with Gasteiger partial charge in [0, 0.05) is 21.3 Å². The van der Waals surface area contributed by atoms with Crippen molar-refractivity contribution in [3.05, 3.63) is 44.7 Å². The predicted octanol–water partition coefficient (Wildman–Crippen LogP) is 2.80. The van der Waals surface area contributed by atoms with E-state index in [0.717, 1.165) is 20.1 Å². The van der Waals surface area contributed by atoms with Crippen molar-refractivity contribution >= 4 is 44.9 Å². The van der Waals surface area contributed by atoms with Crippen LogP contribution in [-0.2, 0) is 5.75 Å². The van der Waals surface area contributed by atoms with E-state index in [-0.39, 0.29) is 5.91 Å². The zero-order chi connectivity index (χ0) is 13.0. The molecule has 0 saturated heterocycles. The Morgan fingerprint density at radius 2 is 2.33 bits per heavy atom. The van der Waals surface area contributed by atoms with Gasteiger partial charge in [-0.1, -0.05) is 11.8 Å². The van der Waals surface area contributed by atoms with Crippen LogP contribution in [0.1, 0.15) is 14.5 Å². The number of aromatic nitrogens is 1. The maximum Gasteiger partial charge on any atom is 0.275 e. The Morgan fingerprint density at radius 3 is 3.06 bits per heavy atom. The number of rotatable bonds is 4. The van der Waals surface area contributed by atoms with Gasteiger partial charge >= 0.3 is 0 Å². The quantitative estimate of drug-likeness (QED) is 0.387. The zero-order valence-electron chi connectivity index (χ0n) is 9.22. The molecule has 0 saturated carbocycles. The number of hydrogen-bond donors (Lipinski definition) is 2. The number of nitrogens with one attached hydrogen (secondary N) is 1. The zero-order valence-corrected chi connectivity index (χ0v) is 12.4. The van der Waals surface area contributed by atoms with Crippen LogP contribution in [0.5, 0.6) is 0 Å². The highest BCUT2D eigenvalue weighted by Gasteiger charge is 2.08. The fourth-order valence-corrected chi connectivity index (χ4v) is 3.70. The molecule has 4 nitrogen and oxygen atoms in total. The molecule has 0 aliphatic carbocycles. The lowest BCUT2D eigenvalue weighted by atomic mass is 10.4. The molecule has 2 aromatic heterocycles. The van der Waals surface area contributed by atoms with Gasteiger partial charge in [0.15, 0.2) is 0 Å². The Balaban J connectivity index is 2.01. The SMILES string of the molecule is NNC(=O)c1ccc(CSc2ncccc2Br)s1. The van der Waals surface area contributed by atoms with Gasteiger partial charge in [-0.15, -0.1) is 11.3 Å². The monoisotopic (exact) mass is 343 g/mol. The molecule has 94 valence electrons. The van der Waals surface area contributed by atoms with E-state index in [2.05, 4.69) is 26.3 Å². The number of nitrogens with two attached hydrogens (primary N) is 1. The summed E-state index contributed by atoms with van der Waals surface area (Å²) < 4.78 is 0.978. The van der Waals surface area contributed by atoms with Crippen LogP contribution >= 0.6 is 39.0 Å². The summed E-state index contributed by atoms with van der Waals surface area (Å²) in [6.07, 6.45) is 1.76. The highest BCUT2D eigenvalue weighted by atomic mass is 79.9. The van der Waals surface area contributed by atoms with E-state index in [4.69, 9.17) is 5.84 Å². The number of carbonyl (C=O) groups excluding carboxylic acids is 1. The maximum absolute atomic E-state index is 11.3. The molecule has 0 spiro atoms. The summed E-state index contributed by atoms with van der Waals surface area (Å²) in [5.74, 6) is 5.61. The Hall–Kier alpha value is -0.890. The van der Waals surface area contributed by atoms with Gasteiger partial charge in [0.2, 0.25) is 0 Å². The first-order chi connectivity index (χ1) is 8.70. The molecule has 1 amide bonds. The van der Waals surface area contributed by atoms with Gasteiger partial charge < -0.3 is 0 Å². The molecule has 0 fully saturated rings. The number of thiophene rings is 1. The normalized spacial score (nSPS) is 10.3. The summed E-state index contributed by atoms with van der Waals surface area (Å²) in [4.78, 5) is 17.3. The van der Waals surface area contributed by atoms with Crippen molar-refractivity contribution in [2.45, 2.75) is 10.8 Å². The lowest BCUT2D eigenvalue weighted by Gasteiger charge is -2.00. The third-order valence-electron chi connectivity index (χ3n) is 2.09.